The van der Waals surface area contributed by atoms with Crippen LogP contribution in [0.4, 0.5) is 0 Å². The highest BCUT2D eigenvalue weighted by Gasteiger charge is 2.46. The van der Waals surface area contributed by atoms with E-state index in [-0.39, 0.29) is 17.0 Å². The van der Waals surface area contributed by atoms with Gasteiger partial charge in [0, 0.05) is 26.1 Å². The Morgan fingerprint density at radius 1 is 1.50 bits per heavy atom. The summed E-state index contributed by atoms with van der Waals surface area (Å²) in [6, 6.07) is 1.62. The monoisotopic (exact) mass is 350 g/mol. The van der Waals surface area contributed by atoms with Gasteiger partial charge in [-0.2, -0.15) is 5.10 Å². The van der Waals surface area contributed by atoms with Crippen molar-refractivity contribution in [1.29, 1.82) is 0 Å². The molecule has 1 saturated carbocycles. The first-order valence-electron chi connectivity index (χ1n) is 8.09. The third-order valence-corrected chi connectivity index (χ3v) is 5.18. The SMILES string of the molecule is COCc1nc([C@H]2CN(C(=O)c3ccoc3Cl)C[C@@H]2C2CC2)n[nH]1. The minimum atomic E-state index is -0.0884. The molecule has 128 valence electrons. The Morgan fingerprint density at radius 3 is 3.00 bits per heavy atom. The number of methoxy groups -OCH3 is 1. The van der Waals surface area contributed by atoms with Crippen molar-refractivity contribution in [3.8, 4) is 0 Å². The highest BCUT2D eigenvalue weighted by atomic mass is 35.5. The number of hydrogen-bond acceptors (Lipinski definition) is 5. The average molecular weight is 351 g/mol. The van der Waals surface area contributed by atoms with Gasteiger partial charge in [0.05, 0.1) is 11.8 Å². The molecule has 0 radical (unpaired) electrons. The average Bonchev–Trinajstić information content (AvgIpc) is 2.99. The normalized spacial score (nSPS) is 23.8. The molecule has 0 spiro atoms. The number of amides is 1. The number of carbonyl (C=O) groups is 1. The van der Waals surface area contributed by atoms with E-state index in [0.29, 0.717) is 42.9 Å². The Balaban J connectivity index is 1.55. The molecule has 1 aliphatic carbocycles. The largest absolute Gasteiger partial charge is 0.452 e. The molecule has 0 bridgehead atoms. The molecule has 4 rings (SSSR count). The van der Waals surface area contributed by atoms with Crippen molar-refractivity contribution >= 4 is 17.5 Å². The van der Waals surface area contributed by atoms with Gasteiger partial charge in [-0.05, 0) is 42.3 Å². The number of aromatic nitrogens is 3. The molecule has 3 heterocycles. The summed E-state index contributed by atoms with van der Waals surface area (Å²) in [5.74, 6) is 2.59. The molecule has 2 aromatic rings. The lowest BCUT2D eigenvalue weighted by atomic mass is 9.91. The molecule has 2 atom stereocenters. The molecule has 0 unspecified atom stereocenters. The van der Waals surface area contributed by atoms with Gasteiger partial charge < -0.3 is 14.1 Å². The van der Waals surface area contributed by atoms with Crippen LogP contribution in [0.2, 0.25) is 5.22 Å². The summed E-state index contributed by atoms with van der Waals surface area (Å²) >= 11 is 5.96. The molecule has 2 aliphatic rings. The van der Waals surface area contributed by atoms with E-state index >= 15 is 0 Å². The number of rotatable bonds is 5. The Bertz CT molecular complexity index is 739. The Kier molecular flexibility index (Phi) is 4.05. The number of aromatic amines is 1. The van der Waals surface area contributed by atoms with E-state index in [1.54, 1.807) is 13.2 Å². The topological polar surface area (TPSA) is 84.2 Å². The molecule has 24 heavy (non-hydrogen) atoms. The first-order valence-corrected chi connectivity index (χ1v) is 8.47. The Hall–Kier alpha value is -1.86. The standard InChI is InChI=1S/C16H19ClN4O3/c1-23-8-13-18-15(20-19-13)12-7-21(6-11(12)9-2-3-9)16(22)10-4-5-24-14(10)17/h4-5,9,11-12H,2-3,6-8H2,1H3,(H,18,19,20)/t11-,12+/m1/s1. The first-order chi connectivity index (χ1) is 11.7. The van der Waals surface area contributed by atoms with E-state index in [1.807, 2.05) is 4.90 Å². The number of furan rings is 1. The highest BCUT2D eigenvalue weighted by Crippen LogP contribution is 2.47. The van der Waals surface area contributed by atoms with Crippen LogP contribution in [-0.4, -0.2) is 46.2 Å². The molecule has 2 aromatic heterocycles. The lowest BCUT2D eigenvalue weighted by molar-refractivity contribution is 0.0784. The maximum Gasteiger partial charge on any atom is 0.258 e. The van der Waals surface area contributed by atoms with Gasteiger partial charge >= 0.3 is 0 Å². The van der Waals surface area contributed by atoms with Gasteiger partial charge in [0.25, 0.3) is 5.91 Å². The maximum absolute atomic E-state index is 12.7. The third-order valence-electron chi connectivity index (χ3n) is 4.89. The zero-order chi connectivity index (χ0) is 16.7. The molecule has 7 nitrogen and oxygen atoms in total. The minimum Gasteiger partial charge on any atom is -0.452 e. The van der Waals surface area contributed by atoms with Crippen molar-refractivity contribution in [2.24, 2.45) is 11.8 Å². The molecular weight excluding hydrogens is 332 g/mol. The number of hydrogen-bond donors (Lipinski definition) is 1. The second kappa shape index (κ2) is 6.22. The third kappa shape index (κ3) is 2.82. The second-order valence-electron chi connectivity index (χ2n) is 6.50. The van der Waals surface area contributed by atoms with Crippen LogP contribution in [0.15, 0.2) is 16.7 Å². The van der Waals surface area contributed by atoms with Crippen LogP contribution in [-0.2, 0) is 11.3 Å². The summed E-state index contributed by atoms with van der Waals surface area (Å²) in [6.07, 6.45) is 3.86. The summed E-state index contributed by atoms with van der Waals surface area (Å²) in [6.45, 7) is 1.72. The summed E-state index contributed by atoms with van der Waals surface area (Å²) in [7, 11) is 1.62. The van der Waals surface area contributed by atoms with Crippen molar-refractivity contribution in [3.05, 3.63) is 34.8 Å². The van der Waals surface area contributed by atoms with Gasteiger partial charge in [0.15, 0.2) is 11.6 Å². The Labute approximate surface area is 144 Å². The maximum atomic E-state index is 12.7. The number of nitrogens with zero attached hydrogens (tertiary/aromatic N) is 3. The van der Waals surface area contributed by atoms with Crippen molar-refractivity contribution in [1.82, 2.24) is 20.1 Å². The molecular formula is C16H19ClN4O3. The van der Waals surface area contributed by atoms with Crippen molar-refractivity contribution in [3.63, 3.8) is 0 Å². The van der Waals surface area contributed by atoms with Crippen LogP contribution >= 0.6 is 11.6 Å². The molecule has 2 fully saturated rings. The lowest BCUT2D eigenvalue weighted by Gasteiger charge is -2.15. The van der Waals surface area contributed by atoms with E-state index in [2.05, 4.69) is 15.2 Å². The quantitative estimate of drug-likeness (QED) is 0.895. The summed E-state index contributed by atoms with van der Waals surface area (Å²) in [5.41, 5.74) is 0.418. The van der Waals surface area contributed by atoms with Crippen LogP contribution < -0.4 is 0 Å². The predicted molar refractivity (Wildman–Crippen MR) is 85.7 cm³/mol. The fourth-order valence-electron chi connectivity index (χ4n) is 3.56. The van der Waals surface area contributed by atoms with E-state index in [1.165, 1.54) is 19.1 Å². The van der Waals surface area contributed by atoms with Crippen LogP contribution in [0, 0.1) is 11.8 Å². The summed E-state index contributed by atoms with van der Waals surface area (Å²) in [4.78, 5) is 19.1. The van der Waals surface area contributed by atoms with Gasteiger partial charge in [-0.25, -0.2) is 4.98 Å². The van der Waals surface area contributed by atoms with Crippen LogP contribution in [0.3, 0.4) is 0 Å². The fourth-order valence-corrected chi connectivity index (χ4v) is 3.76. The highest BCUT2D eigenvalue weighted by molar-refractivity contribution is 6.32. The number of halogens is 1. The smallest absolute Gasteiger partial charge is 0.258 e. The van der Waals surface area contributed by atoms with Gasteiger partial charge in [0.1, 0.15) is 6.61 Å². The Morgan fingerprint density at radius 2 is 2.33 bits per heavy atom. The van der Waals surface area contributed by atoms with Gasteiger partial charge in [-0.15, -0.1) is 0 Å². The summed E-state index contributed by atoms with van der Waals surface area (Å²) < 4.78 is 10.1. The van der Waals surface area contributed by atoms with E-state index in [9.17, 15) is 4.79 Å². The fraction of sp³-hybridized carbons (Fsp3) is 0.562. The molecule has 1 saturated heterocycles. The van der Waals surface area contributed by atoms with Crippen LogP contribution in [0.25, 0.3) is 0 Å². The molecule has 8 heteroatoms. The number of ether oxygens (including phenoxy) is 1. The number of carbonyl (C=O) groups excluding carboxylic acids is 1. The number of likely N-dealkylation sites (tertiary alicyclic amines) is 1. The second-order valence-corrected chi connectivity index (χ2v) is 6.84. The predicted octanol–water partition coefficient (Wildman–Crippen LogP) is 2.46. The van der Waals surface area contributed by atoms with E-state index < -0.39 is 0 Å². The van der Waals surface area contributed by atoms with Crippen LogP contribution in [0.1, 0.15) is 40.8 Å². The van der Waals surface area contributed by atoms with E-state index in [4.69, 9.17) is 20.8 Å². The minimum absolute atomic E-state index is 0.0884. The van der Waals surface area contributed by atoms with Crippen LogP contribution in [0.5, 0.6) is 0 Å². The molecule has 1 N–H and O–H groups in total. The number of nitrogens with one attached hydrogen (secondary N) is 1. The van der Waals surface area contributed by atoms with Gasteiger partial charge in [-0.3, -0.25) is 9.89 Å². The van der Waals surface area contributed by atoms with Gasteiger partial charge in [0.2, 0.25) is 5.22 Å². The summed E-state index contributed by atoms with van der Waals surface area (Å²) in [5, 5.41) is 7.42. The van der Waals surface area contributed by atoms with Crippen molar-refractivity contribution in [2.75, 3.05) is 20.2 Å². The zero-order valence-electron chi connectivity index (χ0n) is 13.4. The molecule has 1 aliphatic heterocycles. The van der Waals surface area contributed by atoms with Crippen molar-refractivity contribution in [2.45, 2.75) is 25.4 Å². The first kappa shape index (κ1) is 15.7. The lowest BCUT2D eigenvalue weighted by Crippen LogP contribution is -2.29. The zero-order valence-corrected chi connectivity index (χ0v) is 14.1. The molecule has 0 aromatic carbocycles. The van der Waals surface area contributed by atoms with Crippen molar-refractivity contribution < 1.29 is 13.9 Å². The number of H-pyrrole nitrogens is 1. The van der Waals surface area contributed by atoms with E-state index in [0.717, 1.165) is 5.82 Å². The van der Waals surface area contributed by atoms with Gasteiger partial charge in [-0.1, -0.05) is 0 Å². The molecule has 1 amide bonds.